The number of aromatic hydroxyl groups is 11. The number of hydrogen-bond acceptors (Lipinski definition) is 14. The van der Waals surface area contributed by atoms with E-state index < -0.39 is 0 Å². The SMILES string of the molecule is C.C.C.CCc1cc(C(c2ccc(O)c(CC)c2)c2ccc(O)c(-c3cc(Cc4ccc(O)c(-c5cc(C(c6ccc(O)c(CC)c6)c6ccc(O)c(CC)c6)ccc5O)c4)ccc3O)c2)ccc1O.I.II.I[I-]I.OC1CCC(C(C2CCC(O)CC2)C2CCC(O)CC2)CC1.Oc1ccc(C(c2ccc(O)cc2)c2ccc(O)cc2)cc1. The van der Waals surface area contributed by atoms with Crippen molar-refractivity contribution in [3.63, 3.8) is 0 Å². The van der Waals surface area contributed by atoms with Crippen LogP contribution in [0.1, 0.15) is 228 Å². The molecule has 14 rings (SSSR count). The molecule has 0 unspecified atom stereocenters. The van der Waals surface area contributed by atoms with E-state index in [0.717, 1.165) is 146 Å². The molecular formula is C100H119I6O14-. The van der Waals surface area contributed by atoms with Crippen LogP contribution < -0.4 is 13.3 Å². The van der Waals surface area contributed by atoms with Gasteiger partial charge in [-0.2, -0.15) is 0 Å². The average Bonchev–Trinajstić information content (AvgIpc) is 0.781. The molecule has 20 heteroatoms. The standard InChI is InChI=1S/C59H56O8.C19H34O3.C19H16O3.3CH4.I3.I2.HI/c1-5-36-28-40(11-19-50(36)60)58(41-12-20-51(61)37(6-2)29-41)44-15-23-56(66)48(32-44)46-26-34(9-17-54(46)64)25-35-10-18-55(65)47(27-35)49-33-45(16-24-57(49)67)59(42-13-21-52(62)38(7-3)30-42)43-14-22-53(63)39(8-4)31-43;2*20-16-7-1-13(2-8-16)19(14-3-9-17(21)10-4-14)15-5-11-18(22)12-6-15;;;;1-3-2;1-2;/h9-24,26-33,58-67H,5-8,25H2,1-4H3;13-22H,1-12H2;1-12,19-22H;3*1H4;;;1H/q;;;;;;-1;;. The molecule has 646 valence electrons. The number of phenolic OH excluding ortho intramolecular Hbond substituents is 11. The van der Waals surface area contributed by atoms with Gasteiger partial charge in [0.15, 0.2) is 0 Å². The van der Waals surface area contributed by atoms with Crippen LogP contribution >= 0.6 is 98.4 Å². The van der Waals surface area contributed by atoms with E-state index in [1.54, 1.807) is 84.9 Å². The average molecular weight is 2310 g/mol. The van der Waals surface area contributed by atoms with Gasteiger partial charge in [0.1, 0.15) is 63.2 Å². The van der Waals surface area contributed by atoms with Gasteiger partial charge in [0.05, 0.1) is 18.3 Å². The van der Waals surface area contributed by atoms with E-state index in [0.29, 0.717) is 67.6 Å². The van der Waals surface area contributed by atoms with E-state index in [2.05, 4.69) is 74.5 Å². The van der Waals surface area contributed by atoms with Crippen LogP contribution in [0.25, 0.3) is 22.3 Å². The third-order valence-electron chi connectivity index (χ3n) is 23.6. The molecule has 0 heterocycles. The van der Waals surface area contributed by atoms with Crippen molar-refractivity contribution < 1.29 is 84.7 Å². The maximum Gasteiger partial charge on any atom is 0.115 e. The predicted octanol–water partition coefficient (Wildman–Crippen LogP) is 23.2. The van der Waals surface area contributed by atoms with Gasteiger partial charge >= 0.3 is 50.5 Å². The first-order valence-electron chi connectivity index (χ1n) is 40.0. The Bertz CT molecular complexity index is 4510. The summed E-state index contributed by atoms with van der Waals surface area (Å²) in [4.78, 5) is 0. The van der Waals surface area contributed by atoms with Crippen molar-refractivity contribution in [2.75, 3.05) is 0 Å². The van der Waals surface area contributed by atoms with Crippen LogP contribution in [0.5, 0.6) is 63.2 Å². The number of aryl methyl sites for hydroxylation is 4. The Hall–Kier alpha value is -6.52. The predicted molar refractivity (Wildman–Crippen MR) is 529 cm³/mol. The fourth-order valence-electron chi connectivity index (χ4n) is 17.6. The Morgan fingerprint density at radius 3 is 0.700 bits per heavy atom. The van der Waals surface area contributed by atoms with Gasteiger partial charge < -0.3 is 71.5 Å². The zero-order chi connectivity index (χ0) is 83.3. The van der Waals surface area contributed by atoms with Gasteiger partial charge in [0, 0.05) is 77.2 Å². The van der Waals surface area contributed by atoms with Crippen LogP contribution in [0, 0.1) is 23.7 Å². The Balaban J connectivity index is 0.000000341. The largest absolute Gasteiger partial charge is 0.508 e. The molecule has 11 aromatic rings. The van der Waals surface area contributed by atoms with Crippen LogP contribution in [-0.2, 0) is 32.1 Å². The van der Waals surface area contributed by atoms with Gasteiger partial charge in [-0.15, -0.1) is 24.0 Å². The van der Waals surface area contributed by atoms with E-state index in [1.165, 1.54) is 38.5 Å². The Morgan fingerprint density at radius 2 is 0.467 bits per heavy atom. The maximum absolute atomic E-state index is 11.4. The van der Waals surface area contributed by atoms with Gasteiger partial charge in [0.25, 0.3) is 0 Å². The van der Waals surface area contributed by atoms with E-state index in [-0.39, 0.29) is 146 Å². The van der Waals surface area contributed by atoms with Crippen molar-refractivity contribution in [3.8, 4) is 85.5 Å². The normalized spacial score (nSPS) is 16.9. The second-order valence-electron chi connectivity index (χ2n) is 30.8. The Kier molecular flexibility index (Phi) is 42.5. The number of aliphatic hydroxyl groups is 3. The summed E-state index contributed by atoms with van der Waals surface area (Å²) >= 11 is 9.54. The fraction of sp³-hybridized carbons (Fsp3) is 0.340. The molecule has 3 fully saturated rings. The minimum Gasteiger partial charge on any atom is -0.508 e. The minimum absolute atomic E-state index is 0. The maximum atomic E-state index is 11.4. The van der Waals surface area contributed by atoms with Gasteiger partial charge in [-0.1, -0.05) is 159 Å². The molecular weight excluding hydrogens is 2190 g/mol. The fourth-order valence-corrected chi connectivity index (χ4v) is 17.6. The summed E-state index contributed by atoms with van der Waals surface area (Å²) < 4.78 is 0. The summed E-state index contributed by atoms with van der Waals surface area (Å²) in [6.45, 7) is 7.94. The van der Waals surface area contributed by atoms with Gasteiger partial charge in [0.2, 0.25) is 0 Å². The van der Waals surface area contributed by atoms with E-state index >= 15 is 0 Å². The van der Waals surface area contributed by atoms with Crippen LogP contribution in [0.15, 0.2) is 218 Å². The van der Waals surface area contributed by atoms with Gasteiger partial charge in [-0.05, 0) is 325 Å². The minimum atomic E-state index is -0.341. The monoisotopic (exact) mass is 2310 g/mol. The molecule has 3 aliphatic carbocycles. The first-order valence-corrected chi connectivity index (χ1v) is 58.8. The topological polar surface area (TPSA) is 283 Å². The van der Waals surface area contributed by atoms with E-state index in [1.807, 2.05) is 161 Å². The van der Waals surface area contributed by atoms with Crippen molar-refractivity contribution in [3.05, 3.63) is 302 Å². The second kappa shape index (κ2) is 49.8. The number of phenols is 11. The number of halogens is 6. The zero-order valence-corrected chi connectivity index (χ0v) is 79.3. The second-order valence-corrected chi connectivity index (χ2v) is 47.1. The van der Waals surface area contributed by atoms with Crippen molar-refractivity contribution in [2.24, 2.45) is 23.7 Å². The van der Waals surface area contributed by atoms with Crippen molar-refractivity contribution in [1.29, 1.82) is 0 Å². The smallest absolute Gasteiger partial charge is 0.115 e. The summed E-state index contributed by atoms with van der Waals surface area (Å²) in [5.74, 6) is 3.78. The molecule has 0 amide bonds. The van der Waals surface area contributed by atoms with Crippen molar-refractivity contribution in [1.82, 2.24) is 0 Å². The van der Waals surface area contributed by atoms with E-state index in [4.69, 9.17) is 0 Å². The molecule has 120 heavy (non-hydrogen) atoms. The molecule has 14 nitrogen and oxygen atoms in total. The van der Waals surface area contributed by atoms with E-state index in [9.17, 15) is 71.5 Å². The molecule has 0 aliphatic heterocycles. The molecule has 11 aromatic carbocycles. The first kappa shape index (κ1) is 102. The molecule has 3 aliphatic rings. The third kappa shape index (κ3) is 26.8. The molecule has 0 saturated heterocycles. The van der Waals surface area contributed by atoms with Gasteiger partial charge in [-0.3, -0.25) is 0 Å². The quantitative estimate of drug-likeness (QED) is 0.0250. The number of benzene rings is 11. The van der Waals surface area contributed by atoms with Crippen LogP contribution in [0.4, 0.5) is 0 Å². The Labute approximate surface area is 780 Å². The molecule has 0 radical (unpaired) electrons. The van der Waals surface area contributed by atoms with Crippen LogP contribution in [-0.4, -0.2) is 89.8 Å². The van der Waals surface area contributed by atoms with Crippen molar-refractivity contribution in [2.45, 2.75) is 195 Å². The van der Waals surface area contributed by atoms with Crippen LogP contribution in [0.3, 0.4) is 0 Å². The molecule has 0 bridgehead atoms. The molecule has 0 spiro atoms. The summed E-state index contributed by atoms with van der Waals surface area (Å²) in [6.07, 6.45) is 15.7. The molecule has 0 aromatic heterocycles. The summed E-state index contributed by atoms with van der Waals surface area (Å²) in [5, 5.41) is 146. The summed E-state index contributed by atoms with van der Waals surface area (Å²) in [7, 11) is 0. The first-order chi connectivity index (χ1) is 56.0. The number of aliphatic hydroxyl groups excluding tert-OH is 3. The molecule has 3 saturated carbocycles. The summed E-state index contributed by atoms with van der Waals surface area (Å²) in [5.41, 5.74) is 14.9. The molecule has 14 N–H and O–H groups in total. The molecule has 0 atom stereocenters. The third-order valence-corrected chi connectivity index (χ3v) is 23.6. The number of rotatable bonds is 20. The number of hydrogen-bond donors (Lipinski definition) is 14. The van der Waals surface area contributed by atoms with Gasteiger partial charge in [-0.25, -0.2) is 0 Å². The zero-order valence-electron chi connectivity index (χ0n) is 66.1. The van der Waals surface area contributed by atoms with Crippen LogP contribution in [0.2, 0.25) is 0 Å². The van der Waals surface area contributed by atoms with Crippen molar-refractivity contribution >= 4 is 98.4 Å². The Morgan fingerprint density at radius 1 is 0.275 bits per heavy atom. The summed E-state index contributed by atoms with van der Waals surface area (Å²) in [6, 6.07) is 64.7.